The van der Waals surface area contributed by atoms with Gasteiger partial charge in [0.15, 0.2) is 0 Å². The van der Waals surface area contributed by atoms with Crippen molar-refractivity contribution in [3.63, 3.8) is 0 Å². The molecule has 1 N–H and O–H groups in total. The first-order chi connectivity index (χ1) is 8.16. The van der Waals surface area contributed by atoms with E-state index in [1.165, 1.54) is 32.1 Å². The first kappa shape index (κ1) is 15.0. The molecule has 1 unspecified atom stereocenters. The van der Waals surface area contributed by atoms with Crippen LogP contribution in [0.2, 0.25) is 5.02 Å². The monoisotopic (exact) mass is 274 g/mol. The molecule has 0 saturated heterocycles. The van der Waals surface area contributed by atoms with Crippen molar-refractivity contribution < 1.29 is 5.11 Å². The zero-order chi connectivity index (χ0) is 12.7. The molecule has 1 aromatic rings. The Hall–Kier alpha value is -0.0500. The zero-order valence-electron chi connectivity index (χ0n) is 10.8. The van der Waals surface area contributed by atoms with Crippen LogP contribution in [0, 0.1) is 6.92 Å². The maximum atomic E-state index is 10.0. The van der Waals surface area contributed by atoms with Crippen molar-refractivity contribution >= 4 is 22.9 Å². The van der Waals surface area contributed by atoms with Crippen molar-refractivity contribution in [1.82, 2.24) is 0 Å². The Balaban J connectivity index is 2.21. The third-order valence-corrected chi connectivity index (χ3v) is 4.87. The summed E-state index contributed by atoms with van der Waals surface area (Å²) >= 11 is 7.71. The predicted octanol–water partition coefficient (Wildman–Crippen LogP) is 5.49. The first-order valence-corrected chi connectivity index (χ1v) is 7.84. The van der Waals surface area contributed by atoms with Gasteiger partial charge in [0.2, 0.25) is 0 Å². The number of aliphatic hydroxyl groups is 1. The molecule has 0 fully saturated rings. The highest BCUT2D eigenvalue weighted by Crippen LogP contribution is 2.34. The Labute approximate surface area is 114 Å². The molecule has 1 heterocycles. The summed E-state index contributed by atoms with van der Waals surface area (Å²) in [6.07, 6.45) is 8.02. The zero-order valence-corrected chi connectivity index (χ0v) is 12.4. The second-order valence-electron chi connectivity index (χ2n) is 4.67. The van der Waals surface area contributed by atoms with Crippen LogP contribution in [-0.2, 0) is 0 Å². The summed E-state index contributed by atoms with van der Waals surface area (Å²) < 4.78 is 0. The van der Waals surface area contributed by atoms with E-state index in [4.69, 9.17) is 11.6 Å². The van der Waals surface area contributed by atoms with E-state index in [1.54, 1.807) is 11.3 Å². The Morgan fingerprint density at radius 3 is 2.47 bits per heavy atom. The van der Waals surface area contributed by atoms with Gasteiger partial charge in [-0.05, 0) is 24.3 Å². The summed E-state index contributed by atoms with van der Waals surface area (Å²) in [6, 6.07) is 0. The van der Waals surface area contributed by atoms with E-state index in [2.05, 4.69) is 6.92 Å². The molecule has 0 aromatic carbocycles. The first-order valence-electron chi connectivity index (χ1n) is 6.58. The lowest BCUT2D eigenvalue weighted by molar-refractivity contribution is 0.167. The van der Waals surface area contributed by atoms with Gasteiger partial charge in [0.05, 0.1) is 16.0 Å². The fourth-order valence-corrected chi connectivity index (χ4v) is 3.26. The van der Waals surface area contributed by atoms with Crippen LogP contribution < -0.4 is 0 Å². The van der Waals surface area contributed by atoms with Gasteiger partial charge in [-0.2, -0.15) is 0 Å². The highest BCUT2D eigenvalue weighted by molar-refractivity contribution is 7.10. The summed E-state index contributed by atoms with van der Waals surface area (Å²) in [6.45, 7) is 4.21. The molecule has 0 spiro atoms. The van der Waals surface area contributed by atoms with Gasteiger partial charge in [-0.15, -0.1) is 11.3 Å². The molecular formula is C14H23ClOS. The fourth-order valence-electron chi connectivity index (χ4n) is 1.92. The Morgan fingerprint density at radius 2 is 1.88 bits per heavy atom. The number of aryl methyl sites for hydroxylation is 1. The van der Waals surface area contributed by atoms with Crippen molar-refractivity contribution in [3.05, 3.63) is 20.8 Å². The van der Waals surface area contributed by atoms with Gasteiger partial charge in [-0.1, -0.05) is 57.0 Å². The standard InChI is InChI=1S/C14H23ClOS/c1-3-4-5-6-7-8-9-12(16)14-13(15)11(2)10-17-14/h10,12,16H,3-9H2,1-2H3. The van der Waals surface area contributed by atoms with Gasteiger partial charge in [0.1, 0.15) is 0 Å². The van der Waals surface area contributed by atoms with Crippen LogP contribution in [0.15, 0.2) is 5.38 Å². The Bertz CT molecular complexity index is 322. The minimum absolute atomic E-state index is 0.368. The van der Waals surface area contributed by atoms with E-state index < -0.39 is 0 Å². The molecule has 98 valence electrons. The van der Waals surface area contributed by atoms with Crippen molar-refractivity contribution in [1.29, 1.82) is 0 Å². The predicted molar refractivity (Wildman–Crippen MR) is 77.0 cm³/mol. The van der Waals surface area contributed by atoms with E-state index in [1.807, 2.05) is 12.3 Å². The van der Waals surface area contributed by atoms with Crippen LogP contribution in [0.4, 0.5) is 0 Å². The Kier molecular flexibility index (Phi) is 7.17. The van der Waals surface area contributed by atoms with Gasteiger partial charge in [0.25, 0.3) is 0 Å². The lowest BCUT2D eigenvalue weighted by Gasteiger charge is -2.09. The van der Waals surface area contributed by atoms with Crippen LogP contribution in [0.3, 0.4) is 0 Å². The topological polar surface area (TPSA) is 20.2 Å². The van der Waals surface area contributed by atoms with Crippen LogP contribution in [-0.4, -0.2) is 5.11 Å². The van der Waals surface area contributed by atoms with Crippen molar-refractivity contribution in [3.8, 4) is 0 Å². The van der Waals surface area contributed by atoms with Gasteiger partial charge >= 0.3 is 0 Å². The summed E-state index contributed by atoms with van der Waals surface area (Å²) in [5.74, 6) is 0. The van der Waals surface area contributed by atoms with E-state index in [-0.39, 0.29) is 6.10 Å². The third-order valence-electron chi connectivity index (χ3n) is 3.06. The van der Waals surface area contributed by atoms with E-state index >= 15 is 0 Å². The fraction of sp³-hybridized carbons (Fsp3) is 0.714. The number of halogens is 1. The van der Waals surface area contributed by atoms with Gasteiger partial charge in [-0.3, -0.25) is 0 Å². The van der Waals surface area contributed by atoms with E-state index in [9.17, 15) is 5.11 Å². The molecular weight excluding hydrogens is 252 g/mol. The average Bonchev–Trinajstić information content (AvgIpc) is 2.64. The molecule has 1 aromatic heterocycles. The molecule has 1 rings (SSSR count). The van der Waals surface area contributed by atoms with Crippen LogP contribution in [0.25, 0.3) is 0 Å². The highest BCUT2D eigenvalue weighted by Gasteiger charge is 2.14. The Morgan fingerprint density at radius 1 is 1.24 bits per heavy atom. The maximum absolute atomic E-state index is 10.0. The molecule has 1 atom stereocenters. The SMILES string of the molecule is CCCCCCCCC(O)c1scc(C)c1Cl. The molecule has 3 heteroatoms. The molecule has 0 aliphatic carbocycles. The van der Waals surface area contributed by atoms with Crippen molar-refractivity contribution in [2.24, 2.45) is 0 Å². The van der Waals surface area contributed by atoms with Crippen molar-refractivity contribution in [2.45, 2.75) is 64.9 Å². The maximum Gasteiger partial charge on any atom is 0.0897 e. The molecule has 1 nitrogen and oxygen atoms in total. The summed E-state index contributed by atoms with van der Waals surface area (Å²) in [7, 11) is 0. The van der Waals surface area contributed by atoms with Crippen LogP contribution in [0.5, 0.6) is 0 Å². The number of aliphatic hydroxyl groups excluding tert-OH is 1. The van der Waals surface area contributed by atoms with Crippen LogP contribution in [0.1, 0.15) is 68.4 Å². The minimum Gasteiger partial charge on any atom is -0.388 e. The summed E-state index contributed by atoms with van der Waals surface area (Å²) in [4.78, 5) is 0.942. The molecule has 17 heavy (non-hydrogen) atoms. The van der Waals surface area contributed by atoms with Crippen LogP contribution >= 0.6 is 22.9 Å². The molecule has 0 saturated carbocycles. The number of unbranched alkanes of at least 4 members (excludes halogenated alkanes) is 5. The molecule has 0 aliphatic rings. The second-order valence-corrected chi connectivity index (χ2v) is 5.96. The van der Waals surface area contributed by atoms with Crippen molar-refractivity contribution in [2.75, 3.05) is 0 Å². The number of hydrogen-bond acceptors (Lipinski definition) is 2. The lowest BCUT2D eigenvalue weighted by Crippen LogP contribution is -1.95. The number of thiophene rings is 1. The number of hydrogen-bond donors (Lipinski definition) is 1. The van der Waals surface area contributed by atoms with E-state index in [0.717, 1.165) is 28.3 Å². The quantitative estimate of drug-likeness (QED) is 0.621. The molecule has 0 aliphatic heterocycles. The van der Waals surface area contributed by atoms with E-state index in [0.29, 0.717) is 0 Å². The smallest absolute Gasteiger partial charge is 0.0897 e. The molecule has 0 bridgehead atoms. The van der Waals surface area contributed by atoms with Gasteiger partial charge < -0.3 is 5.11 Å². The summed E-state index contributed by atoms with van der Waals surface area (Å²) in [5, 5.41) is 12.8. The number of rotatable bonds is 8. The lowest BCUT2D eigenvalue weighted by atomic mass is 10.1. The van der Waals surface area contributed by atoms with Gasteiger partial charge in [-0.25, -0.2) is 0 Å². The third kappa shape index (κ3) is 4.99. The largest absolute Gasteiger partial charge is 0.388 e. The van der Waals surface area contributed by atoms with Gasteiger partial charge in [0, 0.05) is 0 Å². The normalized spacial score (nSPS) is 12.9. The molecule has 0 amide bonds. The summed E-state index contributed by atoms with van der Waals surface area (Å²) in [5.41, 5.74) is 1.08. The highest BCUT2D eigenvalue weighted by atomic mass is 35.5. The minimum atomic E-state index is -0.368. The second kappa shape index (κ2) is 8.12. The average molecular weight is 275 g/mol. The molecule has 0 radical (unpaired) electrons.